The monoisotopic (exact) mass is 595 g/mol. The molecule has 2 aromatic rings. The molecule has 2 N–H and O–H groups in total. The molecular weight excluding hydrogens is 550 g/mol. The molecule has 0 unspecified atom stereocenters. The Labute approximate surface area is 254 Å². The average Bonchev–Trinajstić information content (AvgIpc) is 3.75. The molecule has 12 nitrogen and oxygen atoms in total. The van der Waals surface area contributed by atoms with E-state index in [1.807, 2.05) is 32.7 Å². The van der Waals surface area contributed by atoms with Crippen molar-refractivity contribution in [3.05, 3.63) is 36.0 Å². The van der Waals surface area contributed by atoms with Crippen molar-refractivity contribution >= 4 is 35.5 Å². The van der Waals surface area contributed by atoms with Gasteiger partial charge in [0, 0.05) is 52.2 Å². The summed E-state index contributed by atoms with van der Waals surface area (Å²) in [6.07, 6.45) is 7.48. The molecule has 1 aliphatic heterocycles. The van der Waals surface area contributed by atoms with E-state index in [9.17, 15) is 19.5 Å². The number of anilines is 3. The Morgan fingerprint density at radius 3 is 2.26 bits per heavy atom. The zero-order valence-electron chi connectivity index (χ0n) is 25.8. The lowest BCUT2D eigenvalue weighted by Crippen LogP contribution is -2.46. The van der Waals surface area contributed by atoms with E-state index < -0.39 is 12.0 Å². The Hall–Kier alpha value is -4.09. The van der Waals surface area contributed by atoms with Gasteiger partial charge in [0.05, 0.1) is 6.20 Å². The number of aromatic nitrogens is 2. The summed E-state index contributed by atoms with van der Waals surface area (Å²) in [5, 5.41) is 13.3. The minimum absolute atomic E-state index is 0.141. The Kier molecular flexibility index (Phi) is 11.0. The first-order chi connectivity index (χ1) is 20.7. The van der Waals surface area contributed by atoms with E-state index in [0.717, 1.165) is 44.1 Å². The molecule has 0 bridgehead atoms. The lowest BCUT2D eigenvalue weighted by atomic mass is 10.1. The van der Waals surface area contributed by atoms with E-state index in [4.69, 9.17) is 9.72 Å². The molecule has 2 aliphatic rings. The zero-order chi connectivity index (χ0) is 30.9. The van der Waals surface area contributed by atoms with E-state index >= 15 is 0 Å². The molecule has 1 atom stereocenters. The second-order valence-corrected chi connectivity index (χ2v) is 11.1. The molecule has 1 aliphatic carbocycles. The summed E-state index contributed by atoms with van der Waals surface area (Å²) < 4.78 is 5.48. The smallest absolute Gasteiger partial charge is 0.415 e. The number of rotatable bonds is 12. The molecule has 3 amide bonds. The average molecular weight is 596 g/mol. The molecule has 0 spiro atoms. The molecule has 2 heterocycles. The number of likely N-dealkylation sites (tertiary alicyclic amines) is 1. The number of urea groups is 1. The number of hydrogen-bond donors (Lipinski definition) is 2. The van der Waals surface area contributed by atoms with Crippen molar-refractivity contribution < 1.29 is 24.2 Å². The van der Waals surface area contributed by atoms with E-state index in [0.29, 0.717) is 50.1 Å². The van der Waals surface area contributed by atoms with Crippen LogP contribution in [0.1, 0.15) is 64.9 Å². The minimum Gasteiger partial charge on any atom is -0.480 e. The Balaban J connectivity index is 1.56. The largest absolute Gasteiger partial charge is 0.480 e. The number of nitrogens with one attached hydrogen (secondary N) is 1. The molecule has 1 saturated heterocycles. The summed E-state index contributed by atoms with van der Waals surface area (Å²) >= 11 is 0. The van der Waals surface area contributed by atoms with Gasteiger partial charge in [-0.25, -0.2) is 19.4 Å². The number of hydrogen-bond acceptors (Lipinski definition) is 8. The summed E-state index contributed by atoms with van der Waals surface area (Å²) in [5.74, 6) is 0.0922. The Bertz CT molecular complexity index is 1240. The van der Waals surface area contributed by atoms with Crippen LogP contribution in [0.2, 0.25) is 0 Å². The number of nitrogens with zero attached hydrogens (tertiary/aromatic N) is 6. The van der Waals surface area contributed by atoms with Crippen LogP contribution in [0.4, 0.5) is 27.0 Å². The fraction of sp³-hybridized carbons (Fsp3) is 0.581. The first kappa shape index (κ1) is 31.8. The number of benzene rings is 1. The van der Waals surface area contributed by atoms with Gasteiger partial charge in [-0.15, -0.1) is 0 Å². The van der Waals surface area contributed by atoms with E-state index in [-0.39, 0.29) is 30.4 Å². The third kappa shape index (κ3) is 7.85. The number of carboxylic acids is 1. The number of carbonyl (C=O) groups is 3. The van der Waals surface area contributed by atoms with Crippen LogP contribution in [0, 0.1) is 0 Å². The summed E-state index contributed by atoms with van der Waals surface area (Å²) in [6.45, 7) is 8.99. The van der Waals surface area contributed by atoms with Crippen molar-refractivity contribution in [2.75, 3.05) is 54.9 Å². The van der Waals surface area contributed by atoms with E-state index in [1.54, 1.807) is 45.2 Å². The predicted molar refractivity (Wildman–Crippen MR) is 166 cm³/mol. The van der Waals surface area contributed by atoms with Gasteiger partial charge in [-0.3, -0.25) is 4.90 Å². The van der Waals surface area contributed by atoms with Gasteiger partial charge >= 0.3 is 18.1 Å². The molecule has 1 saturated carbocycles. The van der Waals surface area contributed by atoms with E-state index in [1.165, 1.54) is 0 Å². The molecule has 4 rings (SSSR count). The highest BCUT2D eigenvalue weighted by Crippen LogP contribution is 2.30. The van der Waals surface area contributed by atoms with Crippen LogP contribution >= 0.6 is 0 Å². The second-order valence-electron chi connectivity index (χ2n) is 11.1. The van der Waals surface area contributed by atoms with Crippen LogP contribution in [0.3, 0.4) is 0 Å². The van der Waals surface area contributed by atoms with Crippen LogP contribution in [0.5, 0.6) is 5.75 Å². The SMILES string of the molecule is CCN(CC)c1ncc(N(CC)C(=O)N(C)C2CCCC2)c(N[C@@H](Cc2ccc(OC(=O)N3CCCC3)cc2)C(=O)O)n1. The molecule has 2 fully saturated rings. The summed E-state index contributed by atoms with van der Waals surface area (Å²) in [5.41, 5.74) is 1.17. The van der Waals surface area contributed by atoms with Gasteiger partial charge in [0.15, 0.2) is 5.82 Å². The van der Waals surface area contributed by atoms with Gasteiger partial charge < -0.3 is 29.9 Å². The van der Waals surface area contributed by atoms with Gasteiger partial charge in [0.2, 0.25) is 5.95 Å². The van der Waals surface area contributed by atoms with Crippen LogP contribution in [0.25, 0.3) is 0 Å². The highest BCUT2D eigenvalue weighted by atomic mass is 16.6. The predicted octanol–water partition coefficient (Wildman–Crippen LogP) is 4.85. The quantitative estimate of drug-likeness (QED) is 0.354. The second kappa shape index (κ2) is 14.9. The Morgan fingerprint density at radius 2 is 1.67 bits per heavy atom. The molecule has 43 heavy (non-hydrogen) atoms. The topological polar surface area (TPSA) is 131 Å². The first-order valence-corrected chi connectivity index (χ1v) is 15.5. The molecule has 1 aromatic heterocycles. The van der Waals surface area contributed by atoms with Crippen LogP contribution in [-0.2, 0) is 11.2 Å². The van der Waals surface area contributed by atoms with Crippen LogP contribution in [0.15, 0.2) is 30.5 Å². The number of ether oxygens (including phenoxy) is 1. The summed E-state index contributed by atoms with van der Waals surface area (Å²) in [6, 6.07) is 5.83. The molecule has 1 aromatic carbocycles. The van der Waals surface area contributed by atoms with Crippen molar-refractivity contribution in [3.63, 3.8) is 0 Å². The maximum absolute atomic E-state index is 13.7. The van der Waals surface area contributed by atoms with Gasteiger partial charge in [-0.2, -0.15) is 4.98 Å². The van der Waals surface area contributed by atoms with E-state index in [2.05, 4.69) is 10.3 Å². The molecule has 12 heteroatoms. The zero-order valence-corrected chi connectivity index (χ0v) is 25.8. The fourth-order valence-corrected chi connectivity index (χ4v) is 5.73. The first-order valence-electron chi connectivity index (χ1n) is 15.5. The highest BCUT2D eigenvalue weighted by Gasteiger charge is 2.30. The van der Waals surface area contributed by atoms with Gasteiger partial charge in [-0.05, 0) is 64.2 Å². The summed E-state index contributed by atoms with van der Waals surface area (Å²) in [4.78, 5) is 54.8. The van der Waals surface area contributed by atoms with Gasteiger partial charge in [-0.1, -0.05) is 25.0 Å². The lowest BCUT2D eigenvalue weighted by molar-refractivity contribution is -0.137. The number of aliphatic carboxylic acids is 1. The third-order valence-electron chi connectivity index (χ3n) is 8.36. The van der Waals surface area contributed by atoms with Crippen LogP contribution < -0.4 is 19.9 Å². The minimum atomic E-state index is -1.06. The van der Waals surface area contributed by atoms with Crippen molar-refractivity contribution in [2.24, 2.45) is 0 Å². The number of carboxylic acid groups (broad SMARTS) is 1. The van der Waals surface area contributed by atoms with Gasteiger partial charge in [0.1, 0.15) is 17.5 Å². The third-order valence-corrected chi connectivity index (χ3v) is 8.36. The molecule has 0 radical (unpaired) electrons. The van der Waals surface area contributed by atoms with Gasteiger partial charge in [0.25, 0.3) is 0 Å². The lowest BCUT2D eigenvalue weighted by Gasteiger charge is -2.32. The fourth-order valence-electron chi connectivity index (χ4n) is 5.73. The standard InChI is InChI=1S/C31H45N7O5/c1-5-36(6-2)29-32-21-26(38(7-3)30(41)35(4)23-12-8-9-13-23)27(34-29)33-25(28(39)40)20-22-14-16-24(17-15-22)43-31(42)37-18-10-11-19-37/h14-17,21,23,25H,5-13,18-20H2,1-4H3,(H,39,40)(H,32,33,34)/t25-/m0/s1. The van der Waals surface area contributed by atoms with Crippen LogP contribution in [-0.4, -0.2) is 94.8 Å². The molecule has 234 valence electrons. The highest BCUT2D eigenvalue weighted by molar-refractivity contribution is 5.95. The van der Waals surface area contributed by atoms with Crippen molar-refractivity contribution in [2.45, 2.75) is 77.8 Å². The van der Waals surface area contributed by atoms with Crippen molar-refractivity contribution in [1.29, 1.82) is 0 Å². The number of amides is 3. The van der Waals surface area contributed by atoms with Crippen molar-refractivity contribution in [1.82, 2.24) is 19.8 Å². The van der Waals surface area contributed by atoms with Crippen molar-refractivity contribution in [3.8, 4) is 5.75 Å². The summed E-state index contributed by atoms with van der Waals surface area (Å²) in [7, 11) is 1.82. The number of carbonyl (C=O) groups excluding carboxylic acids is 2. The Morgan fingerprint density at radius 1 is 1.02 bits per heavy atom. The normalized spacial score (nSPS) is 15.7. The maximum Gasteiger partial charge on any atom is 0.415 e. The molecular formula is C31H45N7O5. The maximum atomic E-state index is 13.7.